The zero-order valence-electron chi connectivity index (χ0n) is 15.5. The SMILES string of the molecule is CCc1cnc(-n2nc(OC(C)C)c(Oc3c(F)cccc3F)c2C)nc1. The van der Waals surface area contributed by atoms with Crippen molar-refractivity contribution in [2.24, 2.45) is 0 Å². The summed E-state index contributed by atoms with van der Waals surface area (Å²) in [5.41, 5.74) is 1.43. The molecular weight excluding hydrogens is 354 g/mol. The van der Waals surface area contributed by atoms with E-state index < -0.39 is 17.4 Å². The van der Waals surface area contributed by atoms with Gasteiger partial charge in [0.2, 0.25) is 5.75 Å². The Morgan fingerprint density at radius 1 is 1.07 bits per heavy atom. The molecule has 2 heterocycles. The van der Waals surface area contributed by atoms with E-state index in [0.29, 0.717) is 11.6 Å². The molecule has 1 aromatic carbocycles. The zero-order chi connectivity index (χ0) is 19.6. The highest BCUT2D eigenvalue weighted by Crippen LogP contribution is 2.37. The molecule has 0 fully saturated rings. The summed E-state index contributed by atoms with van der Waals surface area (Å²) < 4.78 is 40.7. The molecule has 0 aliphatic rings. The fourth-order valence-electron chi connectivity index (χ4n) is 2.40. The number of hydrogen-bond acceptors (Lipinski definition) is 5. The Hall–Kier alpha value is -3.03. The fraction of sp³-hybridized carbons (Fsp3) is 0.316. The van der Waals surface area contributed by atoms with Crippen LogP contribution in [0.2, 0.25) is 0 Å². The highest BCUT2D eigenvalue weighted by molar-refractivity contribution is 5.45. The minimum atomic E-state index is -0.818. The van der Waals surface area contributed by atoms with Gasteiger partial charge in [-0.3, -0.25) is 0 Å². The van der Waals surface area contributed by atoms with Gasteiger partial charge in [-0.25, -0.2) is 18.7 Å². The molecule has 0 bridgehead atoms. The van der Waals surface area contributed by atoms with Gasteiger partial charge >= 0.3 is 0 Å². The van der Waals surface area contributed by atoms with Crippen LogP contribution < -0.4 is 9.47 Å². The Labute approximate surface area is 155 Å². The summed E-state index contributed by atoms with van der Waals surface area (Å²) in [6.07, 6.45) is 3.98. The van der Waals surface area contributed by atoms with Crippen LogP contribution in [0.5, 0.6) is 17.4 Å². The molecule has 3 aromatic rings. The van der Waals surface area contributed by atoms with Gasteiger partial charge in [0.15, 0.2) is 17.4 Å². The first-order valence-electron chi connectivity index (χ1n) is 8.60. The highest BCUT2D eigenvalue weighted by Gasteiger charge is 2.24. The van der Waals surface area contributed by atoms with Crippen LogP contribution in [0.15, 0.2) is 30.6 Å². The van der Waals surface area contributed by atoms with Gasteiger partial charge in [0, 0.05) is 12.4 Å². The average Bonchev–Trinajstić information content (AvgIpc) is 2.93. The van der Waals surface area contributed by atoms with Gasteiger partial charge in [-0.05, 0) is 44.9 Å². The van der Waals surface area contributed by atoms with Crippen LogP contribution in [0.3, 0.4) is 0 Å². The van der Waals surface area contributed by atoms with Crippen LogP contribution in [0.25, 0.3) is 5.95 Å². The lowest BCUT2D eigenvalue weighted by Crippen LogP contribution is -2.08. The van der Waals surface area contributed by atoms with Crippen molar-refractivity contribution in [3.8, 4) is 23.3 Å². The highest BCUT2D eigenvalue weighted by atomic mass is 19.1. The Kier molecular flexibility index (Phi) is 5.34. The summed E-state index contributed by atoms with van der Waals surface area (Å²) >= 11 is 0. The number of aromatic nitrogens is 4. The maximum absolute atomic E-state index is 14.0. The number of ether oxygens (including phenoxy) is 2. The van der Waals surface area contributed by atoms with E-state index in [1.807, 2.05) is 20.8 Å². The molecule has 8 heteroatoms. The lowest BCUT2D eigenvalue weighted by atomic mass is 10.3. The molecule has 0 unspecified atom stereocenters. The van der Waals surface area contributed by atoms with E-state index >= 15 is 0 Å². The van der Waals surface area contributed by atoms with Crippen LogP contribution in [-0.4, -0.2) is 25.9 Å². The predicted molar refractivity (Wildman–Crippen MR) is 95.5 cm³/mol. The first kappa shape index (κ1) is 18.8. The smallest absolute Gasteiger partial charge is 0.277 e. The molecule has 142 valence electrons. The molecule has 0 aliphatic carbocycles. The van der Waals surface area contributed by atoms with E-state index in [1.165, 1.54) is 10.7 Å². The third-order valence-corrected chi connectivity index (χ3v) is 3.79. The summed E-state index contributed by atoms with van der Waals surface area (Å²) in [5.74, 6) is -1.63. The van der Waals surface area contributed by atoms with Crippen molar-refractivity contribution in [3.63, 3.8) is 0 Å². The number of halogens is 2. The summed E-state index contributed by atoms with van der Waals surface area (Å²) in [4.78, 5) is 8.57. The molecule has 0 spiro atoms. The van der Waals surface area contributed by atoms with E-state index in [9.17, 15) is 8.78 Å². The summed E-state index contributed by atoms with van der Waals surface area (Å²) in [7, 11) is 0. The first-order valence-corrected chi connectivity index (χ1v) is 8.60. The van der Waals surface area contributed by atoms with Gasteiger partial charge in [0.1, 0.15) is 0 Å². The fourth-order valence-corrected chi connectivity index (χ4v) is 2.40. The van der Waals surface area contributed by atoms with Crippen molar-refractivity contribution in [1.29, 1.82) is 0 Å². The summed E-state index contributed by atoms with van der Waals surface area (Å²) in [5, 5.41) is 4.33. The van der Waals surface area contributed by atoms with Crippen molar-refractivity contribution >= 4 is 0 Å². The van der Waals surface area contributed by atoms with Crippen molar-refractivity contribution in [3.05, 3.63) is 53.5 Å². The molecular formula is C19H20F2N4O2. The topological polar surface area (TPSA) is 62.1 Å². The molecule has 0 saturated heterocycles. The second-order valence-electron chi connectivity index (χ2n) is 6.20. The minimum absolute atomic E-state index is 0.105. The third kappa shape index (κ3) is 3.89. The molecule has 6 nitrogen and oxygen atoms in total. The first-order chi connectivity index (χ1) is 12.9. The molecule has 0 aliphatic heterocycles. The van der Waals surface area contributed by atoms with Crippen LogP contribution in [0.4, 0.5) is 8.78 Å². The van der Waals surface area contributed by atoms with Gasteiger partial charge in [-0.15, -0.1) is 5.10 Å². The number of nitrogens with zero attached hydrogens (tertiary/aromatic N) is 4. The van der Waals surface area contributed by atoms with Crippen LogP contribution in [0.1, 0.15) is 32.0 Å². The van der Waals surface area contributed by atoms with E-state index in [1.54, 1.807) is 19.3 Å². The number of hydrogen-bond donors (Lipinski definition) is 0. The maximum Gasteiger partial charge on any atom is 0.277 e. The van der Waals surface area contributed by atoms with Gasteiger partial charge in [0.25, 0.3) is 11.8 Å². The van der Waals surface area contributed by atoms with Crippen molar-refractivity contribution < 1.29 is 18.3 Å². The van der Waals surface area contributed by atoms with E-state index in [2.05, 4.69) is 15.1 Å². The quantitative estimate of drug-likeness (QED) is 0.640. The molecule has 0 radical (unpaired) electrons. The Balaban J connectivity index is 2.07. The molecule has 0 atom stereocenters. The molecule has 0 saturated carbocycles. The summed E-state index contributed by atoms with van der Waals surface area (Å²) in [6.45, 7) is 7.31. The van der Waals surface area contributed by atoms with Gasteiger partial charge in [0.05, 0.1) is 11.8 Å². The van der Waals surface area contributed by atoms with Crippen LogP contribution in [0, 0.1) is 18.6 Å². The molecule has 2 aromatic heterocycles. The van der Waals surface area contributed by atoms with E-state index in [4.69, 9.17) is 9.47 Å². The zero-order valence-corrected chi connectivity index (χ0v) is 15.5. The minimum Gasteiger partial charge on any atom is -0.471 e. The predicted octanol–water partition coefficient (Wildman–Crippen LogP) is 4.39. The molecule has 3 rings (SSSR count). The number of rotatable bonds is 6. The normalized spacial score (nSPS) is 11.1. The van der Waals surface area contributed by atoms with E-state index in [0.717, 1.165) is 24.1 Å². The average molecular weight is 374 g/mol. The summed E-state index contributed by atoms with van der Waals surface area (Å²) in [6, 6.07) is 3.50. The largest absolute Gasteiger partial charge is 0.471 e. The number of para-hydroxylation sites is 1. The van der Waals surface area contributed by atoms with Crippen molar-refractivity contribution in [2.75, 3.05) is 0 Å². The lowest BCUT2D eigenvalue weighted by molar-refractivity contribution is 0.222. The molecule has 0 amide bonds. The number of benzene rings is 1. The molecule has 0 N–H and O–H groups in total. The van der Waals surface area contributed by atoms with Crippen LogP contribution in [-0.2, 0) is 6.42 Å². The van der Waals surface area contributed by atoms with Crippen molar-refractivity contribution in [1.82, 2.24) is 19.7 Å². The standard InChI is InChI=1S/C19H20F2N4O2/c1-5-13-9-22-19(23-10-13)25-12(4)16(18(24-25)26-11(2)3)27-17-14(20)7-6-8-15(17)21/h6-11H,5H2,1-4H3. The van der Waals surface area contributed by atoms with Gasteiger partial charge < -0.3 is 9.47 Å². The van der Waals surface area contributed by atoms with Crippen molar-refractivity contribution in [2.45, 2.75) is 40.2 Å². The monoisotopic (exact) mass is 374 g/mol. The third-order valence-electron chi connectivity index (χ3n) is 3.79. The van der Waals surface area contributed by atoms with Crippen LogP contribution >= 0.6 is 0 Å². The Morgan fingerprint density at radius 2 is 1.70 bits per heavy atom. The Bertz CT molecular complexity index is 919. The molecule has 27 heavy (non-hydrogen) atoms. The van der Waals surface area contributed by atoms with E-state index in [-0.39, 0.29) is 17.7 Å². The maximum atomic E-state index is 14.0. The van der Waals surface area contributed by atoms with Gasteiger partial charge in [-0.1, -0.05) is 13.0 Å². The van der Waals surface area contributed by atoms with Gasteiger partial charge in [-0.2, -0.15) is 4.68 Å². The number of aryl methyl sites for hydroxylation is 1. The second-order valence-corrected chi connectivity index (χ2v) is 6.20. The lowest BCUT2D eigenvalue weighted by Gasteiger charge is -2.11. The Morgan fingerprint density at radius 3 is 2.26 bits per heavy atom. The second kappa shape index (κ2) is 7.69.